The molecule has 1 aliphatic carbocycles. The van der Waals surface area contributed by atoms with Crippen molar-refractivity contribution in [2.24, 2.45) is 5.92 Å². The first-order chi connectivity index (χ1) is 8.56. The Bertz CT molecular complexity index is 428. The molecule has 0 aliphatic heterocycles. The number of carbonyl (C=O) groups is 2. The zero-order valence-electron chi connectivity index (χ0n) is 10.6. The minimum Gasteiger partial charge on any atom is -0.478 e. The Morgan fingerprint density at radius 2 is 2.22 bits per heavy atom. The summed E-state index contributed by atoms with van der Waals surface area (Å²) in [5, 5.41) is 11.5. The van der Waals surface area contributed by atoms with Crippen molar-refractivity contribution in [1.82, 2.24) is 4.98 Å². The molecule has 1 fully saturated rings. The van der Waals surface area contributed by atoms with Crippen LogP contribution < -0.4 is 5.32 Å². The summed E-state index contributed by atoms with van der Waals surface area (Å²) in [6.07, 6.45) is 4.40. The molecule has 0 unspecified atom stereocenters. The molecule has 5 heteroatoms. The van der Waals surface area contributed by atoms with E-state index in [9.17, 15) is 9.59 Å². The van der Waals surface area contributed by atoms with Crippen LogP contribution in [0.5, 0.6) is 0 Å². The van der Waals surface area contributed by atoms with Gasteiger partial charge in [-0.2, -0.15) is 0 Å². The lowest BCUT2D eigenvalue weighted by molar-refractivity contribution is -0.108. The van der Waals surface area contributed by atoms with Gasteiger partial charge in [-0.1, -0.05) is 0 Å². The Hall–Kier alpha value is -1.91. The number of carboxylic acid groups (broad SMARTS) is 1. The molecule has 1 heterocycles. The average Bonchev–Trinajstić information content (AvgIpc) is 3.13. The maximum Gasteiger partial charge on any atom is 0.335 e. The average molecular weight is 250 g/mol. The van der Waals surface area contributed by atoms with Crippen LogP contribution in [0.3, 0.4) is 0 Å². The zero-order valence-corrected chi connectivity index (χ0v) is 10.6. The van der Waals surface area contributed by atoms with Crippen LogP contribution in [0, 0.1) is 12.8 Å². The Labute approximate surface area is 106 Å². The molecule has 0 bridgehead atoms. The topological polar surface area (TPSA) is 79.3 Å². The number of aldehydes is 1. The van der Waals surface area contributed by atoms with Gasteiger partial charge in [0.15, 0.2) is 0 Å². The van der Waals surface area contributed by atoms with Gasteiger partial charge in [-0.25, -0.2) is 9.78 Å². The van der Waals surface area contributed by atoms with Crippen molar-refractivity contribution < 1.29 is 14.7 Å². The van der Waals surface area contributed by atoms with E-state index in [0.717, 1.165) is 18.6 Å². The van der Waals surface area contributed by atoms with E-state index in [0.29, 0.717) is 11.5 Å². The lowest BCUT2D eigenvalue weighted by atomic mass is 10.2. The smallest absolute Gasteiger partial charge is 0.335 e. The molecule has 1 aliphatic rings. The minimum atomic E-state index is -0.933. The van der Waals surface area contributed by atoms with E-state index in [1.165, 1.54) is 25.0 Å². The second-order valence-corrected chi connectivity index (χ2v) is 4.28. The molecule has 0 atom stereocenters. The van der Waals surface area contributed by atoms with E-state index in [2.05, 4.69) is 10.3 Å². The van der Waals surface area contributed by atoms with Gasteiger partial charge < -0.3 is 15.2 Å². The fourth-order valence-electron chi connectivity index (χ4n) is 1.41. The summed E-state index contributed by atoms with van der Waals surface area (Å²) < 4.78 is 0. The number of pyridine rings is 1. The summed E-state index contributed by atoms with van der Waals surface area (Å²) in [6, 6.07) is 3.03. The van der Waals surface area contributed by atoms with E-state index >= 15 is 0 Å². The fraction of sp³-hybridized carbons (Fsp3) is 0.462. The number of aromatic nitrogens is 1. The molecule has 0 spiro atoms. The summed E-state index contributed by atoms with van der Waals surface area (Å²) in [5.74, 6) is 0.423. The predicted octanol–water partition coefficient (Wildman–Crippen LogP) is 2.12. The van der Waals surface area contributed by atoms with Gasteiger partial charge in [0.05, 0.1) is 5.56 Å². The summed E-state index contributed by atoms with van der Waals surface area (Å²) in [6.45, 7) is 1.76. The van der Waals surface area contributed by atoms with Gasteiger partial charge in [0.2, 0.25) is 0 Å². The molecule has 1 aromatic rings. The molecule has 1 saturated carbocycles. The molecule has 0 radical (unpaired) electrons. The summed E-state index contributed by atoms with van der Waals surface area (Å²) in [7, 11) is 1.70. The molecule has 0 amide bonds. The van der Waals surface area contributed by atoms with Gasteiger partial charge in [-0.05, 0) is 37.8 Å². The Balaban J connectivity index is 0.000000225. The molecule has 98 valence electrons. The summed E-state index contributed by atoms with van der Waals surface area (Å²) in [5.41, 5.74) is 0.950. The van der Waals surface area contributed by atoms with Crippen LogP contribution in [-0.2, 0) is 4.79 Å². The predicted molar refractivity (Wildman–Crippen MR) is 68.9 cm³/mol. The van der Waals surface area contributed by atoms with Crippen LogP contribution in [0.4, 0.5) is 5.82 Å². The number of aromatic carboxylic acids is 1. The second-order valence-electron chi connectivity index (χ2n) is 4.28. The maximum atomic E-state index is 10.6. The van der Waals surface area contributed by atoms with Gasteiger partial charge in [0.1, 0.15) is 12.1 Å². The molecule has 0 saturated heterocycles. The zero-order chi connectivity index (χ0) is 13.5. The third-order valence-electron chi connectivity index (χ3n) is 2.58. The van der Waals surface area contributed by atoms with Crippen LogP contribution in [0.25, 0.3) is 0 Å². The van der Waals surface area contributed by atoms with Crippen molar-refractivity contribution in [3.8, 4) is 0 Å². The molecule has 1 aromatic heterocycles. The van der Waals surface area contributed by atoms with Crippen LogP contribution in [0.1, 0.15) is 35.3 Å². The van der Waals surface area contributed by atoms with Gasteiger partial charge >= 0.3 is 5.97 Å². The molecule has 0 aromatic carbocycles. The maximum absolute atomic E-state index is 10.6. The Morgan fingerprint density at radius 1 is 1.56 bits per heavy atom. The first kappa shape index (κ1) is 14.2. The lowest BCUT2D eigenvalue weighted by Gasteiger charge is -2.01. The number of nitrogens with one attached hydrogen (secondary N) is 1. The van der Waals surface area contributed by atoms with E-state index in [1.54, 1.807) is 14.0 Å². The highest BCUT2D eigenvalue weighted by Gasteiger charge is 2.19. The normalized spacial score (nSPS) is 13.2. The number of carbonyl (C=O) groups excluding carboxylic acids is 1. The molecular formula is C13H18N2O3. The van der Waals surface area contributed by atoms with E-state index < -0.39 is 5.97 Å². The minimum absolute atomic E-state index is 0.256. The quantitative estimate of drug-likeness (QED) is 0.800. The second kappa shape index (κ2) is 6.74. The molecule has 2 N–H and O–H groups in total. The number of carboxylic acids is 1. The Kier molecular flexibility index (Phi) is 5.30. The largest absolute Gasteiger partial charge is 0.478 e. The van der Waals surface area contributed by atoms with Gasteiger partial charge in [0, 0.05) is 19.2 Å². The van der Waals surface area contributed by atoms with E-state index in [1.807, 2.05) is 0 Å². The third kappa shape index (κ3) is 4.95. The standard InChI is InChI=1S/C8H10N2O2.C5H8O/c1-5-3-6(8(11)12)4-7(9-2)10-5;6-4-3-5-1-2-5/h3-4H,1-2H3,(H,9,10)(H,11,12);4-5H,1-3H2. The Morgan fingerprint density at radius 3 is 2.61 bits per heavy atom. The number of aryl methyl sites for hydroxylation is 1. The van der Waals surface area contributed by atoms with Crippen molar-refractivity contribution in [2.75, 3.05) is 12.4 Å². The SMILES string of the molecule is CNc1cc(C(=O)O)cc(C)n1.O=CCC1CC1. The summed E-state index contributed by atoms with van der Waals surface area (Å²) >= 11 is 0. The molecule has 18 heavy (non-hydrogen) atoms. The molecular weight excluding hydrogens is 232 g/mol. The third-order valence-corrected chi connectivity index (χ3v) is 2.58. The van der Waals surface area contributed by atoms with Crippen molar-refractivity contribution in [3.05, 3.63) is 23.4 Å². The number of rotatable bonds is 4. The van der Waals surface area contributed by atoms with E-state index in [4.69, 9.17) is 5.11 Å². The van der Waals surface area contributed by atoms with Crippen LogP contribution in [0.2, 0.25) is 0 Å². The van der Waals surface area contributed by atoms with Crippen molar-refractivity contribution in [1.29, 1.82) is 0 Å². The first-order valence-electron chi connectivity index (χ1n) is 5.90. The molecule has 5 nitrogen and oxygen atoms in total. The highest BCUT2D eigenvalue weighted by atomic mass is 16.4. The number of hydrogen-bond acceptors (Lipinski definition) is 4. The first-order valence-corrected chi connectivity index (χ1v) is 5.90. The number of anilines is 1. The highest BCUT2D eigenvalue weighted by molar-refractivity contribution is 5.88. The molecule has 2 rings (SSSR count). The fourth-order valence-corrected chi connectivity index (χ4v) is 1.41. The van der Waals surface area contributed by atoms with Crippen molar-refractivity contribution >= 4 is 18.1 Å². The van der Waals surface area contributed by atoms with Gasteiger partial charge in [-0.15, -0.1) is 0 Å². The monoisotopic (exact) mass is 250 g/mol. The van der Waals surface area contributed by atoms with Crippen LogP contribution in [0.15, 0.2) is 12.1 Å². The van der Waals surface area contributed by atoms with Gasteiger partial charge in [-0.3, -0.25) is 0 Å². The number of hydrogen-bond donors (Lipinski definition) is 2. The van der Waals surface area contributed by atoms with E-state index in [-0.39, 0.29) is 5.56 Å². The lowest BCUT2D eigenvalue weighted by Crippen LogP contribution is -2.01. The van der Waals surface area contributed by atoms with Crippen molar-refractivity contribution in [2.45, 2.75) is 26.2 Å². The summed E-state index contributed by atoms with van der Waals surface area (Å²) in [4.78, 5) is 24.3. The van der Waals surface area contributed by atoms with Crippen LogP contribution in [-0.4, -0.2) is 29.4 Å². The highest BCUT2D eigenvalue weighted by Crippen LogP contribution is 2.30. The van der Waals surface area contributed by atoms with Crippen molar-refractivity contribution in [3.63, 3.8) is 0 Å². The van der Waals surface area contributed by atoms with Crippen LogP contribution >= 0.6 is 0 Å². The van der Waals surface area contributed by atoms with Gasteiger partial charge in [0.25, 0.3) is 0 Å². The number of nitrogens with zero attached hydrogens (tertiary/aromatic N) is 1.